The highest BCUT2D eigenvalue weighted by atomic mass is 32.2. The molecule has 0 spiro atoms. The Kier molecular flexibility index (Phi) is 4.28. The molecule has 7 heteroatoms. The summed E-state index contributed by atoms with van der Waals surface area (Å²) in [6.07, 6.45) is 1.27. The lowest BCUT2D eigenvalue weighted by atomic mass is 10.1. The van der Waals surface area contributed by atoms with Crippen molar-refractivity contribution in [2.24, 2.45) is 0 Å². The van der Waals surface area contributed by atoms with Crippen LogP contribution in [0, 0.1) is 11.3 Å². The zero-order valence-corrected chi connectivity index (χ0v) is 12.0. The largest absolute Gasteiger partial charge is 0.399 e. The first-order valence-corrected chi connectivity index (χ1v) is 7.84. The molecule has 3 N–H and O–H groups in total. The standard InChI is InChI=1S/C13H17N3O3S/c1-9-6-12(4-5-19-9)16-20(17,18)13-3-2-11(15)7-10(13)8-14/h2-3,7,9,12,16H,4-6,15H2,1H3. The van der Waals surface area contributed by atoms with E-state index in [0.717, 1.165) is 0 Å². The van der Waals surface area contributed by atoms with Crippen LogP contribution in [0.5, 0.6) is 0 Å². The minimum absolute atomic E-state index is 0.0262. The van der Waals surface area contributed by atoms with E-state index in [9.17, 15) is 8.42 Å². The number of ether oxygens (including phenoxy) is 1. The molecule has 2 unspecified atom stereocenters. The summed E-state index contributed by atoms with van der Waals surface area (Å²) in [5.74, 6) is 0. The van der Waals surface area contributed by atoms with Gasteiger partial charge in [0, 0.05) is 18.3 Å². The van der Waals surface area contributed by atoms with E-state index in [1.165, 1.54) is 18.2 Å². The first kappa shape index (κ1) is 14.8. The number of sulfonamides is 1. The smallest absolute Gasteiger partial charge is 0.242 e. The fourth-order valence-electron chi connectivity index (χ4n) is 2.26. The second kappa shape index (κ2) is 5.79. The van der Waals surface area contributed by atoms with Gasteiger partial charge >= 0.3 is 0 Å². The van der Waals surface area contributed by atoms with Gasteiger partial charge in [-0.05, 0) is 38.0 Å². The molecule has 0 amide bonds. The lowest BCUT2D eigenvalue weighted by molar-refractivity contribution is 0.0173. The van der Waals surface area contributed by atoms with E-state index in [0.29, 0.717) is 25.1 Å². The Labute approximate surface area is 118 Å². The van der Waals surface area contributed by atoms with Crippen LogP contribution < -0.4 is 10.5 Å². The predicted octanol–water partition coefficient (Wildman–Crippen LogP) is 0.986. The van der Waals surface area contributed by atoms with Gasteiger partial charge in [-0.3, -0.25) is 0 Å². The lowest BCUT2D eigenvalue weighted by Crippen LogP contribution is -2.41. The van der Waals surface area contributed by atoms with E-state index in [4.69, 9.17) is 15.7 Å². The second-order valence-corrected chi connectivity index (χ2v) is 6.57. The van der Waals surface area contributed by atoms with Crippen molar-refractivity contribution in [3.63, 3.8) is 0 Å². The summed E-state index contributed by atoms with van der Waals surface area (Å²) in [4.78, 5) is -0.0339. The molecule has 6 nitrogen and oxygen atoms in total. The predicted molar refractivity (Wildman–Crippen MR) is 74.3 cm³/mol. The maximum absolute atomic E-state index is 12.4. The molecule has 0 aliphatic carbocycles. The highest BCUT2D eigenvalue weighted by Gasteiger charge is 2.26. The topological polar surface area (TPSA) is 105 Å². The van der Waals surface area contributed by atoms with Gasteiger partial charge in [-0.25, -0.2) is 13.1 Å². The normalized spacial score (nSPS) is 23.2. The summed E-state index contributed by atoms with van der Waals surface area (Å²) in [7, 11) is -3.73. The van der Waals surface area contributed by atoms with Gasteiger partial charge in [0.05, 0.1) is 16.6 Å². The first-order chi connectivity index (χ1) is 9.42. The molecule has 108 valence electrons. The average Bonchev–Trinajstić information content (AvgIpc) is 2.37. The fraction of sp³-hybridized carbons (Fsp3) is 0.462. The monoisotopic (exact) mass is 295 g/mol. The number of anilines is 1. The molecule has 1 aromatic rings. The van der Waals surface area contributed by atoms with Gasteiger partial charge in [-0.15, -0.1) is 0 Å². The van der Waals surface area contributed by atoms with Crippen molar-refractivity contribution < 1.29 is 13.2 Å². The van der Waals surface area contributed by atoms with Crippen molar-refractivity contribution >= 4 is 15.7 Å². The molecule has 1 aliphatic heterocycles. The van der Waals surface area contributed by atoms with Gasteiger partial charge in [0.25, 0.3) is 0 Å². The molecular formula is C13H17N3O3S. The molecule has 1 heterocycles. The van der Waals surface area contributed by atoms with Gasteiger partial charge in [0.1, 0.15) is 6.07 Å². The molecular weight excluding hydrogens is 278 g/mol. The van der Waals surface area contributed by atoms with E-state index < -0.39 is 10.0 Å². The first-order valence-electron chi connectivity index (χ1n) is 6.36. The summed E-state index contributed by atoms with van der Waals surface area (Å²) in [5, 5.41) is 9.04. The highest BCUT2D eigenvalue weighted by molar-refractivity contribution is 7.89. The average molecular weight is 295 g/mol. The Morgan fingerprint density at radius 2 is 2.25 bits per heavy atom. The Bertz CT molecular complexity index is 637. The zero-order chi connectivity index (χ0) is 14.8. The summed E-state index contributed by atoms with van der Waals surface area (Å²) in [6, 6.07) is 5.89. The second-order valence-electron chi connectivity index (χ2n) is 4.89. The summed E-state index contributed by atoms with van der Waals surface area (Å²) >= 11 is 0. The molecule has 0 saturated carbocycles. The Hall–Kier alpha value is -1.62. The van der Waals surface area contributed by atoms with E-state index in [2.05, 4.69) is 4.72 Å². The Balaban J connectivity index is 2.25. The third kappa shape index (κ3) is 3.28. The van der Waals surface area contributed by atoms with Crippen molar-refractivity contribution in [3.8, 4) is 6.07 Å². The van der Waals surface area contributed by atoms with Crippen molar-refractivity contribution in [3.05, 3.63) is 23.8 Å². The van der Waals surface area contributed by atoms with Gasteiger partial charge in [-0.2, -0.15) is 5.26 Å². The Morgan fingerprint density at radius 1 is 1.50 bits per heavy atom. The fourth-order valence-corrected chi connectivity index (χ4v) is 3.68. The van der Waals surface area contributed by atoms with E-state index in [1.807, 2.05) is 13.0 Å². The Morgan fingerprint density at radius 3 is 2.90 bits per heavy atom. The van der Waals surface area contributed by atoms with Crippen LogP contribution in [0.25, 0.3) is 0 Å². The third-order valence-corrected chi connectivity index (χ3v) is 4.80. The lowest BCUT2D eigenvalue weighted by Gasteiger charge is -2.27. The van der Waals surface area contributed by atoms with Crippen LogP contribution in [-0.2, 0) is 14.8 Å². The molecule has 2 rings (SSSR count). The van der Waals surface area contributed by atoms with Crippen LogP contribution >= 0.6 is 0 Å². The number of hydrogen-bond acceptors (Lipinski definition) is 5. The number of nitriles is 1. The maximum Gasteiger partial charge on any atom is 0.242 e. The van der Waals surface area contributed by atoms with Crippen molar-refractivity contribution in [1.29, 1.82) is 5.26 Å². The number of hydrogen-bond donors (Lipinski definition) is 2. The van der Waals surface area contributed by atoms with E-state index in [1.54, 1.807) is 0 Å². The number of nitrogen functional groups attached to an aromatic ring is 1. The highest BCUT2D eigenvalue weighted by Crippen LogP contribution is 2.21. The minimum Gasteiger partial charge on any atom is -0.399 e. The van der Waals surface area contributed by atoms with Crippen LogP contribution in [0.1, 0.15) is 25.3 Å². The van der Waals surface area contributed by atoms with Gasteiger partial charge in [0.2, 0.25) is 10.0 Å². The van der Waals surface area contributed by atoms with Crippen LogP contribution in [0.4, 0.5) is 5.69 Å². The van der Waals surface area contributed by atoms with Crippen LogP contribution in [0.3, 0.4) is 0 Å². The molecule has 0 aromatic heterocycles. The van der Waals surface area contributed by atoms with Crippen molar-refractivity contribution in [2.45, 2.75) is 36.8 Å². The maximum atomic E-state index is 12.4. The molecule has 1 saturated heterocycles. The SMILES string of the molecule is CC1CC(NS(=O)(=O)c2ccc(N)cc2C#N)CCO1. The molecule has 1 aromatic carbocycles. The number of nitrogens with two attached hydrogens (primary N) is 1. The molecule has 20 heavy (non-hydrogen) atoms. The number of nitrogens with zero attached hydrogens (tertiary/aromatic N) is 1. The van der Waals surface area contributed by atoms with Crippen molar-refractivity contribution in [1.82, 2.24) is 4.72 Å². The van der Waals surface area contributed by atoms with Crippen molar-refractivity contribution in [2.75, 3.05) is 12.3 Å². The summed E-state index contributed by atoms with van der Waals surface area (Å²) in [5.41, 5.74) is 5.98. The van der Waals surface area contributed by atoms with E-state index >= 15 is 0 Å². The molecule has 1 aliphatic rings. The quantitative estimate of drug-likeness (QED) is 0.809. The molecule has 0 bridgehead atoms. The number of rotatable bonds is 3. The molecule has 1 fully saturated rings. The van der Waals surface area contributed by atoms with Gasteiger partial charge in [-0.1, -0.05) is 0 Å². The van der Waals surface area contributed by atoms with E-state index in [-0.39, 0.29) is 22.6 Å². The zero-order valence-electron chi connectivity index (χ0n) is 11.2. The summed E-state index contributed by atoms with van der Waals surface area (Å²) in [6.45, 7) is 2.44. The minimum atomic E-state index is -3.73. The molecule has 0 radical (unpaired) electrons. The van der Waals surface area contributed by atoms with Crippen LogP contribution in [-0.4, -0.2) is 27.2 Å². The van der Waals surface area contributed by atoms with Crippen LogP contribution in [0.15, 0.2) is 23.1 Å². The van der Waals surface area contributed by atoms with Crippen LogP contribution in [0.2, 0.25) is 0 Å². The third-order valence-electron chi connectivity index (χ3n) is 3.22. The number of benzene rings is 1. The van der Waals surface area contributed by atoms with Gasteiger partial charge in [0.15, 0.2) is 0 Å². The number of nitrogens with one attached hydrogen (secondary N) is 1. The molecule has 2 atom stereocenters. The van der Waals surface area contributed by atoms with Gasteiger partial charge < -0.3 is 10.5 Å². The summed E-state index contributed by atoms with van der Waals surface area (Å²) < 4.78 is 32.7.